The van der Waals surface area contributed by atoms with Gasteiger partial charge < -0.3 is 9.87 Å². The Morgan fingerprint density at radius 3 is 1.56 bits per heavy atom. The second kappa shape index (κ2) is 6.30. The molecule has 0 radical (unpaired) electrons. The van der Waals surface area contributed by atoms with Crippen LogP contribution in [0.1, 0.15) is 12.8 Å². The molecule has 0 amide bonds. The van der Waals surface area contributed by atoms with Gasteiger partial charge in [0.25, 0.3) is 0 Å². The van der Waals surface area contributed by atoms with Crippen LogP contribution in [0.25, 0.3) is 0 Å². The molecule has 0 spiro atoms. The van der Waals surface area contributed by atoms with Gasteiger partial charge in [-0.1, -0.05) is 0 Å². The van der Waals surface area contributed by atoms with Crippen molar-refractivity contribution in [1.82, 2.24) is 0 Å². The highest BCUT2D eigenvalue weighted by Gasteiger charge is 2.41. The van der Waals surface area contributed by atoms with Crippen LogP contribution in [0.3, 0.4) is 0 Å². The Balaban J connectivity index is 0. The lowest BCUT2D eigenvalue weighted by atomic mass is 10.3. The molecule has 0 atom stereocenters. The first kappa shape index (κ1) is 17.9. The Morgan fingerprint density at radius 2 is 1.38 bits per heavy atom. The Morgan fingerprint density at radius 1 is 1.06 bits per heavy atom. The molecule has 0 aliphatic rings. The van der Waals surface area contributed by atoms with Gasteiger partial charge in [0.1, 0.15) is 0 Å². The highest BCUT2D eigenvalue weighted by molar-refractivity contribution is 7.86. The van der Waals surface area contributed by atoms with Crippen LogP contribution >= 0.6 is 0 Å². The molecule has 0 saturated carbocycles. The molecule has 0 unspecified atom stereocenters. The summed E-state index contributed by atoms with van der Waals surface area (Å²) < 4.78 is 87.2. The molecule has 0 aromatic rings. The van der Waals surface area contributed by atoms with E-state index in [1.807, 2.05) is 19.4 Å². The van der Waals surface area contributed by atoms with E-state index in [4.69, 9.17) is 0 Å². The predicted octanol–water partition coefficient (Wildman–Crippen LogP) is 0.276. The highest BCUT2D eigenvalue weighted by atomic mass is 32.2. The van der Waals surface area contributed by atoms with Crippen LogP contribution in [0.5, 0.6) is 0 Å². The molecule has 0 heterocycles. The first-order valence-corrected chi connectivity index (χ1v) is 5.42. The summed E-state index contributed by atoms with van der Waals surface area (Å²) >= 11 is 0. The minimum atomic E-state index is -6.01. The minimum absolute atomic E-state index is 2.00. The third-order valence-electron chi connectivity index (χ3n) is 1.07. The van der Waals surface area contributed by atoms with Crippen LogP contribution < -0.4 is 5.32 Å². The summed E-state index contributed by atoms with van der Waals surface area (Å²) in [5.41, 5.74) is 0. The van der Waals surface area contributed by atoms with Gasteiger partial charge in [0, 0.05) is 6.42 Å². The Kier molecular flexibility index (Phi) is 7.05. The van der Waals surface area contributed by atoms with Gasteiger partial charge in [0.15, 0.2) is 10.1 Å². The Labute approximate surface area is 89.6 Å². The SMILES string of the molecule is C[NH2+]C.O=S(=O)([O-])C(F)(F)CCC(F)(F)F. The maximum Gasteiger partial charge on any atom is 0.389 e. The summed E-state index contributed by atoms with van der Waals surface area (Å²) in [4.78, 5) is 0. The van der Waals surface area contributed by atoms with Crippen LogP contribution in [-0.4, -0.2) is 38.5 Å². The molecule has 0 aromatic carbocycles. The van der Waals surface area contributed by atoms with Crippen molar-refractivity contribution in [2.24, 2.45) is 0 Å². The molecule has 0 saturated heterocycles. The van der Waals surface area contributed by atoms with Crippen LogP contribution in [0.15, 0.2) is 0 Å². The molecule has 0 aliphatic carbocycles. The van der Waals surface area contributed by atoms with Gasteiger partial charge in [-0.3, -0.25) is 0 Å². The van der Waals surface area contributed by atoms with Crippen LogP contribution in [0.4, 0.5) is 22.0 Å². The summed E-state index contributed by atoms with van der Waals surface area (Å²) in [6.07, 6.45) is -8.96. The molecule has 10 heteroatoms. The standard InChI is InChI=1S/C4H5F5O3S.C2H7N/c5-3(6,7)1-2-4(8,9)13(10,11)12;1-3-2/h1-2H2,(H,10,11,12);3H,1-2H3. The smallest absolute Gasteiger partial charge is 0.389 e. The molecule has 2 N–H and O–H groups in total. The molecule has 0 rings (SSSR count). The van der Waals surface area contributed by atoms with E-state index < -0.39 is 34.4 Å². The van der Waals surface area contributed by atoms with Gasteiger partial charge >= 0.3 is 11.4 Å². The average Bonchev–Trinajstić information content (AvgIpc) is 1.99. The van der Waals surface area contributed by atoms with Gasteiger partial charge in [0.05, 0.1) is 20.5 Å². The first-order valence-electron chi connectivity index (χ1n) is 4.01. The quantitative estimate of drug-likeness (QED) is 0.592. The number of hydrogen-bond donors (Lipinski definition) is 1. The van der Waals surface area contributed by atoms with Crippen molar-refractivity contribution in [3.8, 4) is 0 Å². The van der Waals surface area contributed by atoms with Crippen LogP contribution in [-0.2, 0) is 10.1 Å². The normalized spacial score (nSPS) is 13.0. The van der Waals surface area contributed by atoms with Crippen LogP contribution in [0.2, 0.25) is 0 Å². The Bertz CT molecular complexity index is 287. The van der Waals surface area contributed by atoms with E-state index >= 15 is 0 Å². The summed E-state index contributed by atoms with van der Waals surface area (Å²) in [7, 11) is -2.01. The van der Waals surface area contributed by atoms with Gasteiger partial charge in [-0.15, -0.1) is 0 Å². The molecule has 16 heavy (non-hydrogen) atoms. The van der Waals surface area contributed by atoms with Crippen molar-refractivity contribution in [3.63, 3.8) is 0 Å². The fourth-order valence-corrected chi connectivity index (χ4v) is 0.764. The van der Waals surface area contributed by atoms with E-state index in [9.17, 15) is 34.9 Å². The third kappa shape index (κ3) is 8.80. The van der Waals surface area contributed by atoms with Crippen molar-refractivity contribution in [3.05, 3.63) is 0 Å². The molecular formula is C6H12F5NO3S. The van der Waals surface area contributed by atoms with E-state index in [-0.39, 0.29) is 0 Å². The lowest BCUT2D eigenvalue weighted by molar-refractivity contribution is -0.597. The van der Waals surface area contributed by atoms with Gasteiger partial charge in [-0.25, -0.2) is 8.42 Å². The summed E-state index contributed by atoms with van der Waals surface area (Å²) in [6, 6.07) is 0. The highest BCUT2D eigenvalue weighted by Crippen LogP contribution is 2.31. The number of rotatable bonds is 3. The number of alkyl halides is 5. The number of nitrogens with two attached hydrogens (primary N) is 1. The van der Waals surface area contributed by atoms with Crippen LogP contribution in [0, 0.1) is 0 Å². The van der Waals surface area contributed by atoms with Crippen molar-refractivity contribution >= 4 is 10.1 Å². The van der Waals surface area contributed by atoms with E-state index in [0.717, 1.165) is 0 Å². The maximum absolute atomic E-state index is 12.1. The zero-order valence-electron chi connectivity index (χ0n) is 8.51. The summed E-state index contributed by atoms with van der Waals surface area (Å²) in [5.74, 6) is 0. The minimum Gasteiger partial charge on any atom is -0.743 e. The van der Waals surface area contributed by atoms with Crippen molar-refractivity contribution in [2.75, 3.05) is 14.1 Å². The second-order valence-corrected chi connectivity index (χ2v) is 4.29. The lowest BCUT2D eigenvalue weighted by Gasteiger charge is -2.20. The number of hydrogen-bond acceptors (Lipinski definition) is 3. The maximum atomic E-state index is 12.1. The zero-order chi connectivity index (χ0) is 13.6. The first-order chi connectivity index (χ1) is 6.87. The number of halogens is 5. The molecule has 0 bridgehead atoms. The molecule has 4 nitrogen and oxygen atoms in total. The fourth-order valence-electron chi connectivity index (χ4n) is 0.412. The van der Waals surface area contributed by atoms with Crippen molar-refractivity contribution in [1.29, 1.82) is 0 Å². The predicted molar refractivity (Wildman–Crippen MR) is 43.7 cm³/mol. The third-order valence-corrected chi connectivity index (χ3v) is 2.00. The van der Waals surface area contributed by atoms with Gasteiger partial charge in [-0.05, 0) is 0 Å². The average molecular weight is 273 g/mol. The number of quaternary nitrogens is 1. The van der Waals surface area contributed by atoms with E-state index in [0.29, 0.717) is 0 Å². The second-order valence-electron chi connectivity index (χ2n) is 2.78. The molecule has 0 aromatic heterocycles. The van der Waals surface area contributed by atoms with E-state index in [1.165, 1.54) is 0 Å². The topological polar surface area (TPSA) is 73.8 Å². The van der Waals surface area contributed by atoms with Crippen molar-refractivity contribution in [2.45, 2.75) is 24.3 Å². The van der Waals surface area contributed by atoms with Gasteiger partial charge in [0.2, 0.25) is 0 Å². The fraction of sp³-hybridized carbons (Fsp3) is 1.00. The zero-order valence-corrected chi connectivity index (χ0v) is 9.33. The summed E-state index contributed by atoms with van der Waals surface area (Å²) in [6.45, 7) is 0. The largest absolute Gasteiger partial charge is 0.743 e. The molecular weight excluding hydrogens is 261 g/mol. The van der Waals surface area contributed by atoms with Crippen molar-refractivity contribution < 1.29 is 40.2 Å². The monoisotopic (exact) mass is 273 g/mol. The molecule has 0 fully saturated rings. The Hall–Kier alpha value is -0.480. The molecule has 0 aliphatic heterocycles. The van der Waals surface area contributed by atoms with E-state index in [1.54, 1.807) is 0 Å². The lowest BCUT2D eigenvalue weighted by Crippen LogP contribution is -2.74. The van der Waals surface area contributed by atoms with Gasteiger partial charge in [-0.2, -0.15) is 22.0 Å². The van der Waals surface area contributed by atoms with E-state index in [2.05, 4.69) is 0 Å². The summed E-state index contributed by atoms with van der Waals surface area (Å²) in [5, 5.41) is -2.86. The molecule has 100 valence electrons.